The summed E-state index contributed by atoms with van der Waals surface area (Å²) < 4.78 is 0. The maximum absolute atomic E-state index is 12.6. The summed E-state index contributed by atoms with van der Waals surface area (Å²) in [7, 11) is -1.83. The van der Waals surface area contributed by atoms with Crippen molar-refractivity contribution in [3.8, 4) is 11.5 Å². The van der Waals surface area contributed by atoms with Gasteiger partial charge < -0.3 is 10.2 Å². The van der Waals surface area contributed by atoms with Crippen LogP contribution in [0.25, 0.3) is 0 Å². The van der Waals surface area contributed by atoms with Gasteiger partial charge in [0.05, 0.1) is 0 Å². The molecule has 0 aliphatic carbocycles. The molecule has 0 saturated heterocycles. The summed E-state index contributed by atoms with van der Waals surface area (Å²) in [6.45, 7) is 24.1. The van der Waals surface area contributed by atoms with Gasteiger partial charge in [-0.05, 0) is 74.9 Å². The highest BCUT2D eigenvalue weighted by atomic mass is 28.3. The second-order valence-electron chi connectivity index (χ2n) is 10.7. The van der Waals surface area contributed by atoms with E-state index in [1.807, 2.05) is 27.7 Å². The van der Waals surface area contributed by atoms with Crippen molar-refractivity contribution in [3.05, 3.63) is 34.9 Å². The molecule has 5 heteroatoms. The number of nitrogens with zero attached hydrogens (tertiary/aromatic N) is 1. The van der Waals surface area contributed by atoms with E-state index in [-0.39, 0.29) is 12.1 Å². The van der Waals surface area contributed by atoms with Crippen LogP contribution in [0, 0.1) is 18.4 Å². The maximum Gasteiger partial charge on any atom is 0.312 e. The van der Waals surface area contributed by atoms with E-state index >= 15 is 0 Å². The summed E-state index contributed by atoms with van der Waals surface area (Å²) >= 11 is 0. The Morgan fingerprint density at radius 2 is 1.42 bits per heavy atom. The second-order valence-corrected chi connectivity index (χ2v) is 16.2. The van der Waals surface area contributed by atoms with E-state index in [9.17, 15) is 9.59 Å². The molecule has 0 aromatic heterocycles. The van der Waals surface area contributed by atoms with Crippen LogP contribution in [0.2, 0.25) is 16.6 Å². The van der Waals surface area contributed by atoms with Crippen LogP contribution in [0.1, 0.15) is 85.9 Å². The molecule has 0 spiro atoms. The summed E-state index contributed by atoms with van der Waals surface area (Å²) in [6.07, 6.45) is 0.651. The van der Waals surface area contributed by atoms with E-state index < -0.39 is 19.9 Å². The van der Waals surface area contributed by atoms with E-state index in [0.29, 0.717) is 29.6 Å². The predicted molar refractivity (Wildman–Crippen MR) is 143 cm³/mol. The Labute approximate surface area is 203 Å². The zero-order valence-corrected chi connectivity index (χ0v) is 23.8. The molecule has 0 aliphatic rings. The molecular formula is C28H46N2O2Si. The van der Waals surface area contributed by atoms with Crippen molar-refractivity contribution in [1.29, 1.82) is 0 Å². The highest BCUT2D eigenvalue weighted by Crippen LogP contribution is 2.40. The van der Waals surface area contributed by atoms with E-state index in [2.05, 4.69) is 83.4 Å². The van der Waals surface area contributed by atoms with Gasteiger partial charge in [0.1, 0.15) is 8.07 Å². The average Bonchev–Trinajstić information content (AvgIpc) is 2.68. The largest absolute Gasteiger partial charge is 0.347 e. The van der Waals surface area contributed by atoms with Crippen LogP contribution in [0.15, 0.2) is 18.2 Å². The molecular weight excluding hydrogens is 424 g/mol. The van der Waals surface area contributed by atoms with Gasteiger partial charge in [-0.1, -0.05) is 59.6 Å². The SMILES string of the molecule is Cc1cccc(C#C[Si](C(C)C)(C(C)C)C(C)C)c1CCNC(=O)C(=O)N(C(C)C)C(C)C. The third kappa shape index (κ3) is 6.96. The Hall–Kier alpha value is -2.06. The number of aryl methyl sites for hydroxylation is 1. The van der Waals surface area contributed by atoms with Crippen LogP contribution in [0.5, 0.6) is 0 Å². The van der Waals surface area contributed by atoms with Gasteiger partial charge in [0.25, 0.3) is 0 Å². The van der Waals surface area contributed by atoms with Crippen molar-refractivity contribution < 1.29 is 9.59 Å². The van der Waals surface area contributed by atoms with Crippen LogP contribution in [-0.4, -0.2) is 43.4 Å². The molecule has 0 unspecified atom stereocenters. The molecule has 1 aromatic carbocycles. The topological polar surface area (TPSA) is 49.4 Å². The van der Waals surface area contributed by atoms with Crippen molar-refractivity contribution in [2.45, 2.75) is 111 Å². The minimum Gasteiger partial charge on any atom is -0.347 e. The molecule has 0 fully saturated rings. The molecule has 0 bridgehead atoms. The molecule has 33 heavy (non-hydrogen) atoms. The summed E-state index contributed by atoms with van der Waals surface area (Å²) in [5, 5.41) is 2.83. The standard InChI is InChI=1S/C28H46N2O2Si/c1-19(2)30(20(3)4)28(32)27(31)29-17-15-26-24(11)13-12-14-25(26)16-18-33(21(5)6,22(7)8)23(9)10/h12-14,19-23H,15,17H2,1-11H3,(H,29,31). The summed E-state index contributed by atoms with van der Waals surface area (Å²) in [6, 6.07) is 6.19. The number of hydrogen-bond donors (Lipinski definition) is 1. The first-order valence-electron chi connectivity index (χ1n) is 12.5. The quantitative estimate of drug-likeness (QED) is 0.293. The predicted octanol–water partition coefficient (Wildman–Crippen LogP) is 5.87. The molecule has 0 atom stereocenters. The van der Waals surface area contributed by atoms with Gasteiger partial charge in [0.2, 0.25) is 0 Å². The minimum atomic E-state index is -1.83. The lowest BCUT2D eigenvalue weighted by atomic mass is 9.99. The molecule has 1 aromatic rings. The third-order valence-corrected chi connectivity index (χ3v) is 13.2. The first-order valence-corrected chi connectivity index (χ1v) is 14.7. The van der Waals surface area contributed by atoms with E-state index in [0.717, 1.165) is 11.1 Å². The number of carbonyl (C=O) groups is 2. The third-order valence-electron chi connectivity index (χ3n) is 6.89. The Kier molecular flexibility index (Phi) is 10.9. The molecule has 1 rings (SSSR count). The Balaban J connectivity index is 3.11. The van der Waals surface area contributed by atoms with E-state index in [4.69, 9.17) is 0 Å². The van der Waals surface area contributed by atoms with E-state index in [1.165, 1.54) is 5.56 Å². The fourth-order valence-corrected chi connectivity index (χ4v) is 10.5. The monoisotopic (exact) mass is 470 g/mol. The highest BCUT2D eigenvalue weighted by molar-refractivity contribution is 6.90. The molecule has 0 aliphatic heterocycles. The van der Waals surface area contributed by atoms with Gasteiger partial charge in [0, 0.05) is 24.2 Å². The number of amides is 2. The lowest BCUT2D eigenvalue weighted by Gasteiger charge is -2.38. The number of hydrogen-bond acceptors (Lipinski definition) is 2. The Morgan fingerprint density at radius 1 is 0.909 bits per heavy atom. The van der Waals surface area contributed by atoms with Crippen LogP contribution >= 0.6 is 0 Å². The fraction of sp³-hybridized carbons (Fsp3) is 0.643. The molecule has 2 amide bonds. The maximum atomic E-state index is 12.6. The number of nitrogens with one attached hydrogen (secondary N) is 1. The van der Waals surface area contributed by atoms with Crippen molar-refractivity contribution in [2.75, 3.05) is 6.54 Å². The number of benzene rings is 1. The van der Waals surface area contributed by atoms with Gasteiger partial charge in [-0.15, -0.1) is 5.54 Å². The Bertz CT molecular complexity index is 846. The summed E-state index contributed by atoms with van der Waals surface area (Å²) in [4.78, 5) is 26.7. The first-order chi connectivity index (χ1) is 15.3. The van der Waals surface area contributed by atoms with Crippen molar-refractivity contribution >= 4 is 19.9 Å². The first kappa shape index (κ1) is 29.0. The molecule has 0 saturated carbocycles. The van der Waals surface area contributed by atoms with E-state index in [1.54, 1.807) is 4.90 Å². The molecule has 1 N–H and O–H groups in total. The lowest BCUT2D eigenvalue weighted by molar-refractivity contribution is -0.148. The van der Waals surface area contributed by atoms with Gasteiger partial charge in [-0.25, -0.2) is 0 Å². The highest BCUT2D eigenvalue weighted by Gasteiger charge is 2.41. The van der Waals surface area contributed by atoms with Crippen LogP contribution in [0.3, 0.4) is 0 Å². The zero-order valence-electron chi connectivity index (χ0n) is 22.8. The molecule has 184 valence electrons. The summed E-state index contributed by atoms with van der Waals surface area (Å²) in [5.74, 6) is 2.57. The lowest BCUT2D eigenvalue weighted by Crippen LogP contribution is -2.49. The van der Waals surface area contributed by atoms with Crippen molar-refractivity contribution in [1.82, 2.24) is 10.2 Å². The van der Waals surface area contributed by atoms with Crippen molar-refractivity contribution in [3.63, 3.8) is 0 Å². The van der Waals surface area contributed by atoms with Crippen LogP contribution in [-0.2, 0) is 16.0 Å². The van der Waals surface area contributed by atoms with Gasteiger partial charge in [-0.3, -0.25) is 9.59 Å². The molecule has 0 radical (unpaired) electrons. The van der Waals surface area contributed by atoms with Crippen LogP contribution < -0.4 is 5.32 Å². The van der Waals surface area contributed by atoms with Gasteiger partial charge in [0.15, 0.2) is 0 Å². The number of rotatable bonds is 8. The van der Waals surface area contributed by atoms with Gasteiger partial charge in [-0.2, -0.15) is 0 Å². The smallest absolute Gasteiger partial charge is 0.312 e. The molecule has 0 heterocycles. The zero-order chi connectivity index (χ0) is 25.5. The minimum absolute atomic E-state index is 0.0196. The molecule has 4 nitrogen and oxygen atoms in total. The second kappa shape index (κ2) is 12.4. The van der Waals surface area contributed by atoms with Crippen molar-refractivity contribution in [2.24, 2.45) is 0 Å². The van der Waals surface area contributed by atoms with Crippen LogP contribution in [0.4, 0.5) is 0 Å². The average molecular weight is 471 g/mol. The summed E-state index contributed by atoms with van der Waals surface area (Å²) in [5.41, 5.74) is 8.91. The fourth-order valence-electron chi connectivity index (χ4n) is 5.32. The Morgan fingerprint density at radius 3 is 1.88 bits per heavy atom. The normalized spacial score (nSPS) is 11.9. The number of carbonyl (C=O) groups excluding carboxylic acids is 2. The van der Waals surface area contributed by atoms with Gasteiger partial charge >= 0.3 is 11.8 Å².